The highest BCUT2D eigenvalue weighted by Crippen LogP contribution is 2.30. The molecule has 42 heavy (non-hydrogen) atoms. The van der Waals surface area contributed by atoms with Crippen LogP contribution in [-0.2, 0) is 27.8 Å². The number of halogens is 4. The molecular weight excluding hydrogens is 593 g/mol. The summed E-state index contributed by atoms with van der Waals surface area (Å²) in [5.74, 6) is -2.36. The second-order valence-corrected chi connectivity index (χ2v) is 11.4. The van der Waals surface area contributed by atoms with E-state index in [1.54, 1.807) is 85.2 Å². The Morgan fingerprint density at radius 3 is 2.21 bits per heavy atom. The zero-order valence-electron chi connectivity index (χ0n) is 21.8. The van der Waals surface area contributed by atoms with Crippen LogP contribution in [0.2, 0.25) is 5.02 Å². The molecule has 0 amide bonds. The molecule has 1 unspecified atom stereocenters. The molecule has 4 rings (SSSR count). The van der Waals surface area contributed by atoms with E-state index in [0.717, 1.165) is 34.1 Å². The second kappa shape index (κ2) is 13.1. The summed E-state index contributed by atoms with van der Waals surface area (Å²) in [5, 5.41) is 10.1. The number of hydrogen-bond acceptors (Lipinski definition) is 5. The molecule has 0 aliphatic heterocycles. The third kappa shape index (κ3) is 8.34. The number of aliphatic carboxylic acids is 1. The fourth-order valence-corrected chi connectivity index (χ4v) is 5.58. The van der Waals surface area contributed by atoms with Crippen molar-refractivity contribution in [3.63, 3.8) is 0 Å². The zero-order valence-corrected chi connectivity index (χ0v) is 23.4. The predicted octanol–water partition coefficient (Wildman–Crippen LogP) is 6.99. The summed E-state index contributed by atoms with van der Waals surface area (Å²) in [7, 11) is -4.25. The largest absolute Gasteiger partial charge is 0.573 e. The first-order chi connectivity index (χ1) is 19.9. The lowest BCUT2D eigenvalue weighted by atomic mass is 9.99. The summed E-state index contributed by atoms with van der Waals surface area (Å²) in [4.78, 5) is 15.5. The quantitative estimate of drug-likeness (QED) is 0.195. The van der Waals surface area contributed by atoms with Gasteiger partial charge in [-0.1, -0.05) is 54.1 Å². The first-order valence-electron chi connectivity index (χ1n) is 12.4. The zero-order chi connectivity index (χ0) is 30.3. The third-order valence-electron chi connectivity index (χ3n) is 6.08. The molecule has 1 N–H and O–H groups in total. The maximum absolute atomic E-state index is 13.7. The van der Waals surface area contributed by atoms with Crippen molar-refractivity contribution in [1.82, 2.24) is 4.98 Å². The smallest absolute Gasteiger partial charge is 0.481 e. The van der Waals surface area contributed by atoms with Crippen LogP contribution in [0.3, 0.4) is 0 Å². The van der Waals surface area contributed by atoms with E-state index < -0.39 is 34.0 Å². The number of nitrogens with zero attached hydrogens (tertiary/aromatic N) is 2. The Hall–Kier alpha value is -4.35. The predicted molar refractivity (Wildman–Crippen MR) is 152 cm³/mol. The third-order valence-corrected chi connectivity index (χ3v) is 8.12. The Labute approximate surface area is 245 Å². The molecule has 0 bridgehead atoms. The minimum atomic E-state index is -4.92. The van der Waals surface area contributed by atoms with Crippen molar-refractivity contribution >= 4 is 39.4 Å². The van der Waals surface area contributed by atoms with Crippen LogP contribution in [-0.4, -0.2) is 30.8 Å². The van der Waals surface area contributed by atoms with Gasteiger partial charge in [-0.25, -0.2) is 8.42 Å². The number of carboxylic acids is 1. The fraction of sp³-hybridized carbons (Fsp3) is 0.133. The van der Waals surface area contributed by atoms with E-state index >= 15 is 0 Å². The normalized spacial score (nSPS) is 12.7. The molecule has 0 saturated heterocycles. The van der Waals surface area contributed by atoms with Gasteiger partial charge in [0, 0.05) is 17.4 Å². The average molecular weight is 617 g/mol. The molecule has 12 heteroatoms. The summed E-state index contributed by atoms with van der Waals surface area (Å²) < 4.78 is 70.1. The van der Waals surface area contributed by atoms with Crippen LogP contribution in [0.15, 0.2) is 108 Å². The van der Waals surface area contributed by atoms with Gasteiger partial charge < -0.3 is 9.84 Å². The average Bonchev–Trinajstić information content (AvgIpc) is 2.95. The molecule has 1 heterocycles. The van der Waals surface area contributed by atoms with Crippen molar-refractivity contribution in [3.8, 4) is 5.75 Å². The number of hydrogen-bond donors (Lipinski definition) is 1. The van der Waals surface area contributed by atoms with Crippen LogP contribution in [0.25, 0.3) is 6.08 Å². The van der Waals surface area contributed by atoms with Gasteiger partial charge >= 0.3 is 12.3 Å². The van der Waals surface area contributed by atoms with Gasteiger partial charge in [-0.15, -0.1) is 13.2 Å². The van der Waals surface area contributed by atoms with Gasteiger partial charge in [0.05, 0.1) is 23.0 Å². The summed E-state index contributed by atoms with van der Waals surface area (Å²) in [5.41, 5.74) is 2.30. The maximum atomic E-state index is 13.7. The number of sulfonamides is 1. The van der Waals surface area contributed by atoms with E-state index in [1.807, 2.05) is 0 Å². The molecule has 0 saturated carbocycles. The Kier molecular flexibility index (Phi) is 9.54. The minimum Gasteiger partial charge on any atom is -0.481 e. The molecule has 3 aromatic carbocycles. The molecule has 1 aromatic heterocycles. The van der Waals surface area contributed by atoms with Crippen LogP contribution in [0.4, 0.5) is 18.9 Å². The van der Waals surface area contributed by atoms with Crippen LogP contribution < -0.4 is 9.04 Å². The molecule has 218 valence electrons. The van der Waals surface area contributed by atoms with E-state index in [1.165, 1.54) is 0 Å². The van der Waals surface area contributed by atoms with Gasteiger partial charge in [0.25, 0.3) is 10.0 Å². The highest BCUT2D eigenvalue weighted by atomic mass is 35.5. The van der Waals surface area contributed by atoms with Crippen molar-refractivity contribution in [1.29, 1.82) is 0 Å². The molecule has 7 nitrogen and oxygen atoms in total. The number of aromatic nitrogens is 1. The number of anilines is 1. The summed E-state index contributed by atoms with van der Waals surface area (Å²) in [6, 6.07) is 20.4. The van der Waals surface area contributed by atoms with Gasteiger partial charge in [-0.05, 0) is 77.7 Å². The van der Waals surface area contributed by atoms with Gasteiger partial charge in [-0.3, -0.25) is 14.1 Å². The molecule has 0 spiro atoms. The van der Waals surface area contributed by atoms with E-state index in [9.17, 15) is 31.5 Å². The summed E-state index contributed by atoms with van der Waals surface area (Å²) >= 11 is 5.98. The van der Waals surface area contributed by atoms with Gasteiger partial charge in [0.2, 0.25) is 0 Å². The van der Waals surface area contributed by atoms with Gasteiger partial charge in [0.1, 0.15) is 5.75 Å². The van der Waals surface area contributed by atoms with Crippen LogP contribution >= 0.6 is 11.6 Å². The second-order valence-electron chi connectivity index (χ2n) is 9.12. The number of alkyl halides is 3. The number of rotatable bonds is 11. The summed E-state index contributed by atoms with van der Waals surface area (Å²) in [6.07, 6.45) is 1.72. The lowest BCUT2D eigenvalue weighted by molar-refractivity contribution is -0.274. The fourth-order valence-electron chi connectivity index (χ4n) is 4.00. The topological polar surface area (TPSA) is 96.8 Å². The van der Waals surface area contributed by atoms with Crippen LogP contribution in [0.5, 0.6) is 5.75 Å². The minimum absolute atomic E-state index is 0.0955. The molecule has 0 radical (unpaired) electrons. The van der Waals surface area contributed by atoms with Crippen LogP contribution in [0.1, 0.15) is 16.7 Å². The highest BCUT2D eigenvalue weighted by molar-refractivity contribution is 7.92. The lowest BCUT2D eigenvalue weighted by Gasteiger charge is -2.25. The Morgan fingerprint density at radius 1 is 0.976 bits per heavy atom. The molecule has 4 aromatic rings. The lowest BCUT2D eigenvalue weighted by Crippen LogP contribution is -2.30. The molecule has 1 atom stereocenters. The monoisotopic (exact) mass is 616 g/mol. The molecule has 0 aliphatic carbocycles. The number of benzene rings is 3. The first-order valence-corrected chi connectivity index (χ1v) is 14.3. The maximum Gasteiger partial charge on any atom is 0.573 e. The van der Waals surface area contributed by atoms with E-state index in [4.69, 9.17) is 11.6 Å². The summed E-state index contributed by atoms with van der Waals surface area (Å²) in [6.45, 7) is -0.0955. The van der Waals surface area contributed by atoms with Crippen molar-refractivity contribution in [3.05, 3.63) is 125 Å². The SMILES string of the molecule is O=C(O)C(/C=C/c1ccc(N(Cc2ccc(Cl)cc2)S(=O)(=O)c2ccc(OC(F)(F)F)cc2)cc1)Cc1cccnc1. The highest BCUT2D eigenvalue weighted by Gasteiger charge is 2.31. The number of carbonyl (C=O) groups is 1. The van der Waals surface area contributed by atoms with Crippen molar-refractivity contribution in [2.24, 2.45) is 5.92 Å². The van der Waals surface area contributed by atoms with Crippen molar-refractivity contribution in [2.75, 3.05) is 4.31 Å². The molecule has 0 fully saturated rings. The Bertz CT molecular complexity index is 1630. The number of pyridine rings is 1. The number of ether oxygens (including phenoxy) is 1. The Morgan fingerprint density at radius 2 is 1.64 bits per heavy atom. The van der Waals surface area contributed by atoms with Crippen molar-refractivity contribution in [2.45, 2.75) is 24.2 Å². The Balaban J connectivity index is 1.61. The van der Waals surface area contributed by atoms with Gasteiger partial charge in [-0.2, -0.15) is 0 Å². The molecular formula is C30H24ClF3N2O5S. The number of carboxylic acid groups (broad SMARTS) is 1. The van der Waals surface area contributed by atoms with Gasteiger partial charge in [0.15, 0.2) is 0 Å². The standard InChI is InChI=1S/C30H24ClF3N2O5S/c31-25-9-4-22(5-10-25)20-36(42(39,40)28-15-13-27(14-16-28)41-30(32,33)34)26-11-6-21(7-12-26)3-8-24(29(37)38)18-23-2-1-17-35-19-23/h1-17,19,24H,18,20H2,(H,37,38)/b8-3+. The van der Waals surface area contributed by atoms with E-state index in [0.29, 0.717) is 16.1 Å². The van der Waals surface area contributed by atoms with E-state index in [2.05, 4.69) is 9.72 Å². The van der Waals surface area contributed by atoms with E-state index in [-0.39, 0.29) is 23.5 Å². The van der Waals surface area contributed by atoms with Crippen molar-refractivity contribution < 1.29 is 36.2 Å². The first kappa shape index (κ1) is 30.6. The molecule has 0 aliphatic rings. The van der Waals surface area contributed by atoms with Crippen LogP contribution in [0, 0.1) is 5.92 Å².